The number of fused-ring (bicyclic) bond motifs is 2. The molecule has 4 heteroatoms. The van der Waals surface area contributed by atoms with E-state index in [2.05, 4.69) is 9.36 Å². The van der Waals surface area contributed by atoms with E-state index >= 15 is 0 Å². The summed E-state index contributed by atoms with van der Waals surface area (Å²) < 4.78 is 4.19. The van der Waals surface area contributed by atoms with E-state index in [0.717, 1.165) is 26.8 Å². The van der Waals surface area contributed by atoms with E-state index in [9.17, 15) is 4.79 Å². The summed E-state index contributed by atoms with van der Waals surface area (Å²) >= 11 is 1.34. The van der Waals surface area contributed by atoms with Gasteiger partial charge in [-0.1, -0.05) is 12.1 Å². The Bertz CT molecular complexity index is 711. The molecular weight excluding hydrogens is 208 g/mol. The molecule has 2 heterocycles. The summed E-state index contributed by atoms with van der Waals surface area (Å²) in [7, 11) is 0. The lowest BCUT2D eigenvalue weighted by atomic mass is 10.1. The first-order chi connectivity index (χ1) is 7.27. The van der Waals surface area contributed by atoms with Crippen molar-refractivity contribution in [3.63, 3.8) is 0 Å². The van der Waals surface area contributed by atoms with Crippen LogP contribution in [-0.4, -0.2) is 9.36 Å². The summed E-state index contributed by atoms with van der Waals surface area (Å²) in [5.41, 5.74) is 1.76. The molecule has 0 aliphatic heterocycles. The molecule has 15 heavy (non-hydrogen) atoms. The number of hydrogen-bond donors (Lipinski definition) is 1. The van der Waals surface area contributed by atoms with Gasteiger partial charge in [-0.25, -0.2) is 0 Å². The van der Waals surface area contributed by atoms with Crippen LogP contribution in [0, 0.1) is 6.92 Å². The van der Waals surface area contributed by atoms with E-state index in [-0.39, 0.29) is 5.43 Å². The lowest BCUT2D eigenvalue weighted by Gasteiger charge is -1.97. The highest BCUT2D eigenvalue weighted by molar-refractivity contribution is 7.13. The molecule has 0 amide bonds. The van der Waals surface area contributed by atoms with Crippen LogP contribution in [-0.2, 0) is 0 Å². The van der Waals surface area contributed by atoms with Gasteiger partial charge >= 0.3 is 0 Å². The molecule has 1 N–H and O–H groups in total. The molecule has 2 aromatic heterocycles. The average molecular weight is 216 g/mol. The van der Waals surface area contributed by atoms with Gasteiger partial charge in [0.25, 0.3) is 0 Å². The number of aromatic nitrogens is 2. The van der Waals surface area contributed by atoms with Crippen molar-refractivity contribution in [1.29, 1.82) is 0 Å². The van der Waals surface area contributed by atoms with Crippen LogP contribution in [0.25, 0.3) is 21.1 Å². The highest BCUT2D eigenvalue weighted by atomic mass is 32.1. The molecule has 0 atom stereocenters. The van der Waals surface area contributed by atoms with Gasteiger partial charge in [-0.15, -0.1) is 0 Å². The van der Waals surface area contributed by atoms with Crippen LogP contribution < -0.4 is 5.43 Å². The van der Waals surface area contributed by atoms with Gasteiger partial charge < -0.3 is 4.98 Å². The second-order valence-corrected chi connectivity index (χ2v) is 4.25. The minimum Gasteiger partial charge on any atom is -0.345 e. The standard InChI is InChI=1S/C11H8N2OS/c1-6-9-10(14)7-4-2-3-5-8(7)12-11(9)15-13-6/h2-5H,1H3,(H,12,14). The molecule has 3 rings (SSSR count). The van der Waals surface area contributed by atoms with Crippen LogP contribution in [0.4, 0.5) is 0 Å². The summed E-state index contributed by atoms with van der Waals surface area (Å²) in [4.78, 5) is 16.2. The Balaban J connectivity index is 2.69. The monoisotopic (exact) mass is 216 g/mol. The van der Waals surface area contributed by atoms with E-state index in [4.69, 9.17) is 0 Å². The zero-order valence-corrected chi connectivity index (χ0v) is 8.89. The van der Waals surface area contributed by atoms with Crippen molar-refractivity contribution in [2.75, 3.05) is 0 Å². The van der Waals surface area contributed by atoms with Gasteiger partial charge in [0.15, 0.2) is 5.43 Å². The fraction of sp³-hybridized carbons (Fsp3) is 0.0909. The smallest absolute Gasteiger partial charge is 0.199 e. The van der Waals surface area contributed by atoms with Crippen molar-refractivity contribution in [1.82, 2.24) is 9.36 Å². The highest BCUT2D eigenvalue weighted by Gasteiger charge is 2.09. The SMILES string of the molecule is Cc1nsc2[nH]c3ccccc3c(=O)c12. The fourth-order valence-electron chi connectivity index (χ4n) is 1.77. The zero-order valence-electron chi connectivity index (χ0n) is 8.07. The van der Waals surface area contributed by atoms with E-state index in [1.54, 1.807) is 0 Å². The Hall–Kier alpha value is -1.68. The number of H-pyrrole nitrogens is 1. The maximum absolute atomic E-state index is 12.1. The van der Waals surface area contributed by atoms with E-state index < -0.39 is 0 Å². The number of hydrogen-bond acceptors (Lipinski definition) is 3. The first-order valence-electron chi connectivity index (χ1n) is 4.64. The molecule has 0 aliphatic rings. The topological polar surface area (TPSA) is 45.8 Å². The number of nitrogens with one attached hydrogen (secondary N) is 1. The molecule has 0 aliphatic carbocycles. The predicted octanol–water partition coefficient (Wildman–Crippen LogP) is 2.45. The van der Waals surface area contributed by atoms with Gasteiger partial charge in [0, 0.05) is 5.39 Å². The Morgan fingerprint density at radius 1 is 1.33 bits per heavy atom. The third-order valence-electron chi connectivity index (χ3n) is 2.51. The lowest BCUT2D eigenvalue weighted by molar-refractivity contribution is 1.37. The van der Waals surface area contributed by atoms with Gasteiger partial charge in [0.2, 0.25) is 0 Å². The average Bonchev–Trinajstić information content (AvgIpc) is 2.61. The highest BCUT2D eigenvalue weighted by Crippen LogP contribution is 2.19. The van der Waals surface area contributed by atoms with Gasteiger partial charge in [0.1, 0.15) is 4.83 Å². The molecule has 74 valence electrons. The second kappa shape index (κ2) is 2.90. The molecular formula is C11H8N2OS. The van der Waals surface area contributed by atoms with Crippen LogP contribution in [0.2, 0.25) is 0 Å². The van der Waals surface area contributed by atoms with E-state index in [1.807, 2.05) is 31.2 Å². The normalized spacial score (nSPS) is 11.3. The quantitative estimate of drug-likeness (QED) is 0.627. The first kappa shape index (κ1) is 8.61. The summed E-state index contributed by atoms with van der Waals surface area (Å²) in [5.74, 6) is 0. The Morgan fingerprint density at radius 3 is 3.00 bits per heavy atom. The molecule has 0 unspecified atom stereocenters. The summed E-state index contributed by atoms with van der Waals surface area (Å²) in [6.07, 6.45) is 0. The maximum Gasteiger partial charge on any atom is 0.199 e. The van der Waals surface area contributed by atoms with Crippen LogP contribution in [0.15, 0.2) is 29.1 Å². The number of aromatic amines is 1. The maximum atomic E-state index is 12.1. The Kier molecular flexibility index (Phi) is 1.67. The van der Waals surface area contributed by atoms with Gasteiger partial charge in [-0.2, -0.15) is 4.37 Å². The third kappa shape index (κ3) is 1.11. The van der Waals surface area contributed by atoms with Crippen molar-refractivity contribution in [3.05, 3.63) is 40.2 Å². The molecule has 0 bridgehead atoms. The molecule has 3 nitrogen and oxygen atoms in total. The Labute approximate surface area is 89.5 Å². The van der Waals surface area contributed by atoms with E-state index in [1.165, 1.54) is 11.5 Å². The van der Waals surface area contributed by atoms with Crippen LogP contribution in [0.3, 0.4) is 0 Å². The minimum absolute atomic E-state index is 0.0746. The van der Waals surface area contributed by atoms with Crippen LogP contribution in [0.1, 0.15) is 5.69 Å². The molecule has 0 spiro atoms. The van der Waals surface area contributed by atoms with Crippen LogP contribution >= 0.6 is 11.5 Å². The minimum atomic E-state index is 0.0746. The molecule has 0 saturated carbocycles. The number of nitrogens with zero attached hydrogens (tertiary/aromatic N) is 1. The van der Waals surface area contributed by atoms with Crippen LogP contribution in [0.5, 0.6) is 0 Å². The number of para-hydroxylation sites is 1. The zero-order chi connectivity index (χ0) is 10.4. The Morgan fingerprint density at radius 2 is 2.13 bits per heavy atom. The van der Waals surface area contributed by atoms with Gasteiger partial charge in [-0.3, -0.25) is 4.79 Å². The number of rotatable bonds is 0. The third-order valence-corrected chi connectivity index (χ3v) is 3.36. The van der Waals surface area contributed by atoms with Crippen molar-refractivity contribution in [2.24, 2.45) is 0 Å². The van der Waals surface area contributed by atoms with Crippen molar-refractivity contribution in [2.45, 2.75) is 6.92 Å². The summed E-state index contributed by atoms with van der Waals surface area (Å²) in [5, 5.41) is 1.45. The number of aryl methyl sites for hydroxylation is 1. The van der Waals surface area contributed by atoms with Crippen molar-refractivity contribution >= 4 is 32.7 Å². The predicted molar refractivity (Wildman–Crippen MR) is 62.5 cm³/mol. The second-order valence-electron chi connectivity index (χ2n) is 3.47. The largest absolute Gasteiger partial charge is 0.345 e. The number of pyridine rings is 1. The van der Waals surface area contributed by atoms with Crippen molar-refractivity contribution in [3.8, 4) is 0 Å². The van der Waals surface area contributed by atoms with Crippen molar-refractivity contribution < 1.29 is 0 Å². The summed E-state index contributed by atoms with van der Waals surface area (Å²) in [6.45, 7) is 1.86. The molecule has 0 saturated heterocycles. The summed E-state index contributed by atoms with van der Waals surface area (Å²) in [6, 6.07) is 7.53. The van der Waals surface area contributed by atoms with E-state index in [0.29, 0.717) is 0 Å². The molecule has 3 aromatic rings. The first-order valence-corrected chi connectivity index (χ1v) is 5.42. The lowest BCUT2D eigenvalue weighted by Crippen LogP contribution is -2.03. The fourth-order valence-corrected chi connectivity index (χ4v) is 2.58. The van der Waals surface area contributed by atoms with Gasteiger partial charge in [-0.05, 0) is 30.6 Å². The molecule has 0 fully saturated rings. The molecule has 0 radical (unpaired) electrons. The molecule has 1 aromatic carbocycles. The van der Waals surface area contributed by atoms with Gasteiger partial charge in [0.05, 0.1) is 16.6 Å². The number of benzene rings is 1.